The molecule has 0 radical (unpaired) electrons. The normalized spacial score (nSPS) is 13.8. The van der Waals surface area contributed by atoms with Crippen LogP contribution in [0.15, 0.2) is 0 Å². The molecule has 1 N–H and O–H groups in total. The predicted octanol–water partition coefficient (Wildman–Crippen LogP) is 11.7. The molecule has 0 aliphatic carbocycles. The first-order chi connectivity index (χ1) is 23.6. The molecule has 0 spiro atoms. The second-order valence-electron chi connectivity index (χ2n) is 15.4. The minimum atomic E-state index is -4.26. The van der Waals surface area contributed by atoms with Crippen molar-refractivity contribution in [2.45, 2.75) is 200 Å². The van der Waals surface area contributed by atoms with E-state index in [4.69, 9.17) is 18.5 Å². The molecule has 9 heteroatoms. The highest BCUT2D eigenvalue weighted by Gasteiger charge is 2.26. The summed E-state index contributed by atoms with van der Waals surface area (Å²) >= 11 is 0. The average molecular weight is 721 g/mol. The Labute approximate surface area is 304 Å². The van der Waals surface area contributed by atoms with E-state index in [0.717, 1.165) is 32.1 Å². The van der Waals surface area contributed by atoms with E-state index in [-0.39, 0.29) is 25.8 Å². The maximum Gasteiger partial charge on any atom is 0.472 e. The van der Waals surface area contributed by atoms with Gasteiger partial charge in [-0.1, -0.05) is 174 Å². The maximum absolute atomic E-state index is 12.6. The summed E-state index contributed by atoms with van der Waals surface area (Å²) in [6.45, 7) is 5.66. The Hall–Kier alpha value is -0.500. The van der Waals surface area contributed by atoms with Gasteiger partial charge < -0.3 is 18.9 Å². The van der Waals surface area contributed by atoms with E-state index in [9.17, 15) is 14.3 Å². The molecule has 294 valence electrons. The topological polar surface area (TPSA) is 91.3 Å². The van der Waals surface area contributed by atoms with Crippen molar-refractivity contribution in [2.75, 3.05) is 54.1 Å². The van der Waals surface area contributed by atoms with Crippen molar-refractivity contribution in [3.05, 3.63) is 0 Å². The number of likely N-dealkylation sites (N-methyl/N-ethyl adjacent to an activating group) is 1. The second kappa shape index (κ2) is 34.6. The maximum atomic E-state index is 12.6. The summed E-state index contributed by atoms with van der Waals surface area (Å²) in [6, 6.07) is 0. The lowest BCUT2D eigenvalue weighted by molar-refractivity contribution is -0.870. The summed E-state index contributed by atoms with van der Waals surface area (Å²) in [4.78, 5) is 22.8. The van der Waals surface area contributed by atoms with Crippen molar-refractivity contribution in [1.82, 2.24) is 0 Å². The number of carbonyl (C=O) groups excluding carboxylic acids is 1. The van der Waals surface area contributed by atoms with Crippen molar-refractivity contribution < 1.29 is 37.3 Å². The van der Waals surface area contributed by atoms with Gasteiger partial charge >= 0.3 is 13.8 Å². The summed E-state index contributed by atoms with van der Waals surface area (Å²) < 4.78 is 34.9. The van der Waals surface area contributed by atoms with Gasteiger partial charge in [0, 0.05) is 13.0 Å². The number of nitrogens with zero attached hydrogens (tertiary/aromatic N) is 1. The quantitative estimate of drug-likeness (QED) is 0.0292. The Balaban J connectivity index is 4.22. The fourth-order valence-corrected chi connectivity index (χ4v) is 6.65. The molecule has 0 amide bonds. The van der Waals surface area contributed by atoms with Crippen LogP contribution in [0.25, 0.3) is 0 Å². The third kappa shape index (κ3) is 38.6. The number of phosphoric acid groups is 1. The molecule has 2 atom stereocenters. The predicted molar refractivity (Wildman–Crippen MR) is 206 cm³/mol. The average Bonchev–Trinajstić information content (AvgIpc) is 3.04. The van der Waals surface area contributed by atoms with Gasteiger partial charge in [0.2, 0.25) is 0 Å². The largest absolute Gasteiger partial charge is 0.472 e. The molecule has 0 saturated carbocycles. The van der Waals surface area contributed by atoms with E-state index < -0.39 is 13.9 Å². The van der Waals surface area contributed by atoms with Crippen LogP contribution in [0, 0.1) is 0 Å². The van der Waals surface area contributed by atoms with Gasteiger partial charge in [-0.25, -0.2) is 4.57 Å². The minimum Gasteiger partial charge on any atom is -0.457 e. The molecule has 0 aromatic rings. The van der Waals surface area contributed by atoms with Gasteiger partial charge in [-0.2, -0.15) is 0 Å². The van der Waals surface area contributed by atoms with Crippen LogP contribution in [0.4, 0.5) is 0 Å². The van der Waals surface area contributed by atoms with Crippen molar-refractivity contribution >= 4 is 13.8 Å². The van der Waals surface area contributed by atoms with Gasteiger partial charge in [0.25, 0.3) is 0 Å². The molecular weight excluding hydrogens is 637 g/mol. The van der Waals surface area contributed by atoms with E-state index in [2.05, 4.69) is 13.8 Å². The Morgan fingerprint density at radius 2 is 0.939 bits per heavy atom. The van der Waals surface area contributed by atoms with Gasteiger partial charge in [-0.3, -0.25) is 13.8 Å². The molecule has 0 bridgehead atoms. The zero-order valence-corrected chi connectivity index (χ0v) is 34.1. The van der Waals surface area contributed by atoms with Gasteiger partial charge in [-0.15, -0.1) is 0 Å². The molecule has 0 aliphatic rings. The molecule has 49 heavy (non-hydrogen) atoms. The van der Waals surface area contributed by atoms with E-state index in [0.29, 0.717) is 24.1 Å². The van der Waals surface area contributed by atoms with Crippen LogP contribution in [0.1, 0.15) is 194 Å². The number of carbonyl (C=O) groups is 1. The highest BCUT2D eigenvalue weighted by molar-refractivity contribution is 7.47. The number of quaternary nitrogens is 1. The third-order valence-corrected chi connectivity index (χ3v) is 10.2. The molecule has 0 rings (SSSR count). The van der Waals surface area contributed by atoms with Gasteiger partial charge in [0.05, 0.1) is 34.4 Å². The van der Waals surface area contributed by atoms with Crippen molar-refractivity contribution in [3.8, 4) is 0 Å². The SMILES string of the molecule is CCCCCCCCCCCCCCCCCC(=O)O[C@H](COCCCCCCCCCCCCCC)COP(=O)(O)OCC[N+](C)(C)C. The first-order valence-electron chi connectivity index (χ1n) is 20.8. The number of ether oxygens (including phenoxy) is 2. The van der Waals surface area contributed by atoms with Crippen LogP contribution in [0.3, 0.4) is 0 Å². The van der Waals surface area contributed by atoms with Gasteiger partial charge in [0.15, 0.2) is 0 Å². The smallest absolute Gasteiger partial charge is 0.457 e. The lowest BCUT2D eigenvalue weighted by Gasteiger charge is -2.24. The van der Waals surface area contributed by atoms with Crippen LogP contribution in [-0.2, 0) is 27.9 Å². The van der Waals surface area contributed by atoms with Gasteiger partial charge in [-0.05, 0) is 12.8 Å². The van der Waals surface area contributed by atoms with E-state index >= 15 is 0 Å². The summed E-state index contributed by atoms with van der Waals surface area (Å²) in [5.41, 5.74) is 0. The van der Waals surface area contributed by atoms with Crippen LogP contribution in [0.5, 0.6) is 0 Å². The second-order valence-corrected chi connectivity index (χ2v) is 16.8. The van der Waals surface area contributed by atoms with E-state index in [1.807, 2.05) is 21.1 Å². The Kier molecular flexibility index (Phi) is 34.2. The zero-order valence-electron chi connectivity index (χ0n) is 33.2. The van der Waals surface area contributed by atoms with E-state index in [1.54, 1.807) is 0 Å². The third-order valence-electron chi connectivity index (χ3n) is 9.17. The van der Waals surface area contributed by atoms with Crippen LogP contribution < -0.4 is 0 Å². The van der Waals surface area contributed by atoms with Crippen molar-refractivity contribution in [2.24, 2.45) is 0 Å². The number of unbranched alkanes of at least 4 members (excludes halogenated alkanes) is 25. The fraction of sp³-hybridized carbons (Fsp3) is 0.975. The summed E-state index contributed by atoms with van der Waals surface area (Å²) in [5.74, 6) is -0.309. The number of hydrogen-bond donors (Lipinski definition) is 1. The lowest BCUT2D eigenvalue weighted by atomic mass is 10.0. The van der Waals surface area contributed by atoms with Crippen LogP contribution in [0.2, 0.25) is 0 Å². The first-order valence-corrected chi connectivity index (χ1v) is 22.3. The standard InChI is InChI=1S/C40H82NO7P/c1-6-8-10-12-14-16-18-20-21-22-23-25-27-29-31-33-40(42)48-39(38-47-49(43,44)46-36-34-41(3,4)5)37-45-35-32-30-28-26-24-19-17-15-13-11-9-7-2/h39H,6-38H2,1-5H3/p+1/t39-/m1/s1. The molecule has 0 aromatic carbocycles. The molecule has 0 aromatic heterocycles. The monoisotopic (exact) mass is 721 g/mol. The Morgan fingerprint density at radius 3 is 1.35 bits per heavy atom. The zero-order chi connectivity index (χ0) is 36.3. The molecule has 1 unspecified atom stereocenters. The molecule has 8 nitrogen and oxygen atoms in total. The molecule has 0 fully saturated rings. The molecular formula is C40H83NO7P+. The minimum absolute atomic E-state index is 0.0936. The number of rotatable bonds is 39. The number of phosphoric ester groups is 1. The Morgan fingerprint density at radius 1 is 0.551 bits per heavy atom. The number of esters is 1. The van der Waals surface area contributed by atoms with Crippen molar-refractivity contribution in [3.63, 3.8) is 0 Å². The summed E-state index contributed by atoms with van der Waals surface area (Å²) in [5, 5.41) is 0. The van der Waals surface area contributed by atoms with Crippen LogP contribution in [-0.4, -0.2) is 75.6 Å². The lowest BCUT2D eigenvalue weighted by Crippen LogP contribution is -2.37. The molecule has 0 aliphatic heterocycles. The van der Waals surface area contributed by atoms with Gasteiger partial charge in [0.1, 0.15) is 19.3 Å². The fourth-order valence-electron chi connectivity index (χ4n) is 5.91. The Bertz CT molecular complexity index is 761. The number of hydrogen-bond acceptors (Lipinski definition) is 6. The molecule has 0 heterocycles. The van der Waals surface area contributed by atoms with E-state index in [1.165, 1.54) is 141 Å². The van der Waals surface area contributed by atoms with Crippen molar-refractivity contribution in [1.29, 1.82) is 0 Å². The summed E-state index contributed by atoms with van der Waals surface area (Å²) in [7, 11) is 1.68. The van der Waals surface area contributed by atoms with Crippen LogP contribution >= 0.6 is 7.82 Å². The highest BCUT2D eigenvalue weighted by atomic mass is 31.2. The first kappa shape index (κ1) is 48.5. The molecule has 0 saturated heterocycles. The summed E-state index contributed by atoms with van der Waals surface area (Å²) in [6.07, 6.45) is 34.0. The highest BCUT2D eigenvalue weighted by Crippen LogP contribution is 2.43.